The van der Waals surface area contributed by atoms with Crippen molar-refractivity contribution in [2.45, 2.75) is 6.92 Å². The SMILES string of the molecule is COc1ccc([N+](=O)[O-])cc1Oc1ncnc(N)c1C. The van der Waals surface area contributed by atoms with Crippen LogP contribution in [0.5, 0.6) is 17.4 Å². The van der Waals surface area contributed by atoms with Crippen LogP contribution in [0.2, 0.25) is 0 Å². The van der Waals surface area contributed by atoms with Crippen LogP contribution in [0.3, 0.4) is 0 Å². The number of benzene rings is 1. The molecule has 20 heavy (non-hydrogen) atoms. The summed E-state index contributed by atoms with van der Waals surface area (Å²) in [5.41, 5.74) is 6.08. The van der Waals surface area contributed by atoms with Crippen LogP contribution >= 0.6 is 0 Å². The van der Waals surface area contributed by atoms with E-state index in [1.807, 2.05) is 0 Å². The summed E-state index contributed by atoms with van der Waals surface area (Å²) in [5, 5.41) is 10.8. The van der Waals surface area contributed by atoms with Gasteiger partial charge < -0.3 is 15.2 Å². The predicted octanol–water partition coefficient (Wildman–Crippen LogP) is 2.08. The Morgan fingerprint density at radius 1 is 1.30 bits per heavy atom. The number of nitrogen functional groups attached to an aromatic ring is 1. The first-order chi connectivity index (χ1) is 9.52. The molecule has 0 fully saturated rings. The first-order valence-electron chi connectivity index (χ1n) is 5.60. The molecule has 0 unspecified atom stereocenters. The van der Waals surface area contributed by atoms with E-state index in [0.717, 1.165) is 0 Å². The molecule has 0 saturated heterocycles. The van der Waals surface area contributed by atoms with Gasteiger partial charge in [-0.3, -0.25) is 10.1 Å². The minimum Gasteiger partial charge on any atom is -0.493 e. The monoisotopic (exact) mass is 276 g/mol. The highest BCUT2D eigenvalue weighted by Crippen LogP contribution is 2.35. The molecule has 1 aromatic carbocycles. The van der Waals surface area contributed by atoms with Crippen LogP contribution in [0.1, 0.15) is 5.56 Å². The van der Waals surface area contributed by atoms with Crippen LogP contribution in [0, 0.1) is 17.0 Å². The molecule has 0 radical (unpaired) electrons. The fourth-order valence-corrected chi connectivity index (χ4v) is 1.51. The van der Waals surface area contributed by atoms with E-state index in [-0.39, 0.29) is 23.1 Å². The number of hydrogen-bond donors (Lipinski definition) is 1. The van der Waals surface area contributed by atoms with E-state index >= 15 is 0 Å². The van der Waals surface area contributed by atoms with E-state index in [0.29, 0.717) is 11.3 Å². The Balaban J connectivity index is 2.43. The van der Waals surface area contributed by atoms with Gasteiger partial charge in [-0.25, -0.2) is 9.97 Å². The lowest BCUT2D eigenvalue weighted by Crippen LogP contribution is -2.00. The minimum absolute atomic E-state index is 0.111. The van der Waals surface area contributed by atoms with Gasteiger partial charge in [0.25, 0.3) is 5.69 Å². The molecule has 104 valence electrons. The normalized spacial score (nSPS) is 10.1. The van der Waals surface area contributed by atoms with Crippen molar-refractivity contribution in [2.75, 3.05) is 12.8 Å². The highest BCUT2D eigenvalue weighted by Gasteiger charge is 2.15. The van der Waals surface area contributed by atoms with Crippen LogP contribution in [0.4, 0.5) is 11.5 Å². The van der Waals surface area contributed by atoms with E-state index in [1.165, 1.54) is 31.6 Å². The lowest BCUT2D eigenvalue weighted by molar-refractivity contribution is -0.384. The van der Waals surface area contributed by atoms with E-state index in [2.05, 4.69) is 9.97 Å². The first-order valence-corrected chi connectivity index (χ1v) is 5.60. The molecule has 0 spiro atoms. The fourth-order valence-electron chi connectivity index (χ4n) is 1.51. The van der Waals surface area contributed by atoms with E-state index in [4.69, 9.17) is 15.2 Å². The fraction of sp³-hybridized carbons (Fsp3) is 0.167. The number of methoxy groups -OCH3 is 1. The number of hydrogen-bond acceptors (Lipinski definition) is 7. The van der Waals surface area contributed by atoms with Gasteiger partial charge >= 0.3 is 0 Å². The van der Waals surface area contributed by atoms with Crippen LogP contribution in [-0.2, 0) is 0 Å². The third kappa shape index (κ3) is 2.58. The Hall–Kier alpha value is -2.90. The zero-order valence-corrected chi connectivity index (χ0v) is 10.9. The molecule has 0 aliphatic heterocycles. The summed E-state index contributed by atoms with van der Waals surface area (Å²) in [6.45, 7) is 1.69. The second kappa shape index (κ2) is 5.39. The molecular weight excluding hydrogens is 264 g/mol. The Bertz CT molecular complexity index is 660. The van der Waals surface area contributed by atoms with Crippen molar-refractivity contribution < 1.29 is 14.4 Å². The summed E-state index contributed by atoms with van der Waals surface area (Å²) in [4.78, 5) is 18.0. The molecule has 0 aliphatic rings. The van der Waals surface area contributed by atoms with E-state index in [1.54, 1.807) is 6.92 Å². The molecule has 1 heterocycles. The number of anilines is 1. The van der Waals surface area contributed by atoms with Crippen LogP contribution in [-0.4, -0.2) is 22.0 Å². The first kappa shape index (κ1) is 13.5. The molecule has 0 bridgehead atoms. The lowest BCUT2D eigenvalue weighted by Gasteiger charge is -2.11. The Labute approximate surface area is 114 Å². The van der Waals surface area contributed by atoms with Gasteiger partial charge in [0.15, 0.2) is 11.5 Å². The number of ether oxygens (including phenoxy) is 2. The van der Waals surface area contributed by atoms with Gasteiger partial charge in [0.05, 0.1) is 23.7 Å². The zero-order valence-electron chi connectivity index (χ0n) is 10.9. The molecule has 2 rings (SSSR count). The molecule has 0 saturated carbocycles. The van der Waals surface area contributed by atoms with Crippen molar-refractivity contribution >= 4 is 11.5 Å². The van der Waals surface area contributed by atoms with Crippen molar-refractivity contribution in [1.82, 2.24) is 9.97 Å². The molecular formula is C12H12N4O4. The Morgan fingerprint density at radius 2 is 2.05 bits per heavy atom. The van der Waals surface area contributed by atoms with Crippen molar-refractivity contribution in [2.24, 2.45) is 0 Å². The van der Waals surface area contributed by atoms with Gasteiger partial charge in [0, 0.05) is 6.07 Å². The molecule has 0 amide bonds. The topological polar surface area (TPSA) is 113 Å². The highest BCUT2D eigenvalue weighted by atomic mass is 16.6. The zero-order chi connectivity index (χ0) is 14.7. The van der Waals surface area contributed by atoms with Crippen LogP contribution in [0.15, 0.2) is 24.5 Å². The average Bonchev–Trinajstić information content (AvgIpc) is 2.43. The number of rotatable bonds is 4. The van der Waals surface area contributed by atoms with Gasteiger partial charge in [0.2, 0.25) is 5.88 Å². The average molecular weight is 276 g/mol. The van der Waals surface area contributed by atoms with Gasteiger partial charge in [-0.05, 0) is 13.0 Å². The maximum atomic E-state index is 10.8. The third-order valence-electron chi connectivity index (χ3n) is 2.64. The maximum absolute atomic E-state index is 10.8. The third-order valence-corrected chi connectivity index (χ3v) is 2.64. The number of nitro groups is 1. The van der Waals surface area contributed by atoms with Gasteiger partial charge in [-0.15, -0.1) is 0 Å². The quantitative estimate of drug-likeness (QED) is 0.671. The van der Waals surface area contributed by atoms with Gasteiger partial charge in [0.1, 0.15) is 12.1 Å². The summed E-state index contributed by atoms with van der Waals surface area (Å²) in [7, 11) is 1.44. The molecule has 2 aromatic rings. The minimum atomic E-state index is -0.520. The highest BCUT2D eigenvalue weighted by molar-refractivity contribution is 5.51. The summed E-state index contributed by atoms with van der Waals surface area (Å²) in [6.07, 6.45) is 1.25. The standard InChI is InChI=1S/C12H12N4O4/c1-7-11(13)14-6-15-12(7)20-10-5-8(16(17)18)3-4-9(10)19-2/h3-6H,1-2H3,(H2,13,14,15). The molecule has 0 atom stereocenters. The second-order valence-electron chi connectivity index (χ2n) is 3.88. The summed E-state index contributed by atoms with van der Waals surface area (Å²) in [6, 6.07) is 4.04. The second-order valence-corrected chi connectivity index (χ2v) is 3.88. The molecule has 8 heteroatoms. The Morgan fingerprint density at radius 3 is 2.70 bits per heavy atom. The maximum Gasteiger partial charge on any atom is 0.273 e. The van der Waals surface area contributed by atoms with Gasteiger partial charge in [-0.2, -0.15) is 0 Å². The summed E-state index contributed by atoms with van der Waals surface area (Å²) >= 11 is 0. The van der Waals surface area contributed by atoms with E-state index in [9.17, 15) is 10.1 Å². The van der Waals surface area contributed by atoms with Crippen LogP contribution < -0.4 is 15.2 Å². The van der Waals surface area contributed by atoms with Crippen molar-refractivity contribution in [3.8, 4) is 17.4 Å². The summed E-state index contributed by atoms with van der Waals surface area (Å²) in [5.74, 6) is 1.03. The Kier molecular flexibility index (Phi) is 3.65. The van der Waals surface area contributed by atoms with Crippen molar-refractivity contribution in [3.05, 3.63) is 40.2 Å². The summed E-state index contributed by atoms with van der Waals surface area (Å²) < 4.78 is 10.6. The van der Waals surface area contributed by atoms with E-state index < -0.39 is 4.92 Å². The molecule has 0 aliphatic carbocycles. The lowest BCUT2D eigenvalue weighted by atomic mass is 10.2. The van der Waals surface area contributed by atoms with Crippen molar-refractivity contribution in [1.29, 1.82) is 0 Å². The molecule has 2 N–H and O–H groups in total. The number of aromatic nitrogens is 2. The smallest absolute Gasteiger partial charge is 0.273 e. The predicted molar refractivity (Wildman–Crippen MR) is 70.9 cm³/mol. The number of nitrogens with zero attached hydrogens (tertiary/aromatic N) is 3. The number of nitro benzene ring substituents is 1. The van der Waals surface area contributed by atoms with Crippen LogP contribution in [0.25, 0.3) is 0 Å². The molecule has 1 aromatic heterocycles. The number of nitrogens with two attached hydrogens (primary N) is 1. The molecule has 8 nitrogen and oxygen atoms in total. The largest absolute Gasteiger partial charge is 0.493 e. The number of non-ortho nitro benzene ring substituents is 1. The van der Waals surface area contributed by atoms with Crippen molar-refractivity contribution in [3.63, 3.8) is 0 Å². The van der Waals surface area contributed by atoms with Gasteiger partial charge in [-0.1, -0.05) is 0 Å².